The Labute approximate surface area is 199 Å². The first-order chi connectivity index (χ1) is 16.4. The molecule has 2 amide bonds. The summed E-state index contributed by atoms with van der Waals surface area (Å²) in [6.07, 6.45) is 3.60. The minimum Gasteiger partial charge on any atom is -0.481 e. The molecule has 34 heavy (non-hydrogen) atoms. The SMILES string of the molecule is C/C(=C\CNC(=O)OCC1c2ccccc2-c2ccccc21)C(=O)NC1CCC(C(=O)O)CC1. The van der Waals surface area contributed by atoms with Crippen molar-refractivity contribution in [2.45, 2.75) is 44.6 Å². The van der Waals surface area contributed by atoms with Gasteiger partial charge < -0.3 is 20.5 Å². The van der Waals surface area contributed by atoms with Crippen molar-refractivity contribution in [2.75, 3.05) is 13.2 Å². The van der Waals surface area contributed by atoms with Crippen LogP contribution >= 0.6 is 0 Å². The second kappa shape index (κ2) is 10.5. The van der Waals surface area contributed by atoms with Crippen LogP contribution in [0, 0.1) is 5.92 Å². The van der Waals surface area contributed by atoms with Crippen molar-refractivity contribution in [3.8, 4) is 11.1 Å². The molecule has 0 saturated heterocycles. The first-order valence-corrected chi connectivity index (χ1v) is 11.7. The average molecular weight is 463 g/mol. The van der Waals surface area contributed by atoms with Gasteiger partial charge in [0, 0.05) is 24.1 Å². The zero-order valence-corrected chi connectivity index (χ0v) is 19.3. The monoisotopic (exact) mass is 462 g/mol. The summed E-state index contributed by atoms with van der Waals surface area (Å²) in [6.45, 7) is 2.11. The molecular formula is C27H30N2O5. The minimum atomic E-state index is -0.764. The Bertz CT molecular complexity index is 1060. The Balaban J connectivity index is 1.23. The molecule has 1 saturated carbocycles. The van der Waals surface area contributed by atoms with Gasteiger partial charge in [0.15, 0.2) is 0 Å². The van der Waals surface area contributed by atoms with Crippen molar-refractivity contribution in [2.24, 2.45) is 5.92 Å². The van der Waals surface area contributed by atoms with E-state index in [0.29, 0.717) is 31.3 Å². The number of carbonyl (C=O) groups is 3. The minimum absolute atomic E-state index is 0.00239. The number of aliphatic carboxylic acids is 1. The third-order valence-corrected chi connectivity index (χ3v) is 6.77. The molecule has 1 fully saturated rings. The summed E-state index contributed by atoms with van der Waals surface area (Å²) >= 11 is 0. The number of hydrogen-bond donors (Lipinski definition) is 3. The Hall–Kier alpha value is -3.61. The lowest BCUT2D eigenvalue weighted by Gasteiger charge is -2.26. The molecule has 7 heteroatoms. The zero-order chi connectivity index (χ0) is 24.1. The number of hydrogen-bond acceptors (Lipinski definition) is 4. The first kappa shape index (κ1) is 23.5. The number of ether oxygens (including phenoxy) is 1. The lowest BCUT2D eigenvalue weighted by atomic mass is 9.86. The smallest absolute Gasteiger partial charge is 0.407 e. The molecule has 2 aliphatic carbocycles. The molecular weight excluding hydrogens is 432 g/mol. The molecule has 2 aromatic rings. The lowest BCUT2D eigenvalue weighted by molar-refractivity contribution is -0.142. The number of carboxylic acids is 1. The predicted octanol–water partition coefficient (Wildman–Crippen LogP) is 4.23. The van der Waals surface area contributed by atoms with Gasteiger partial charge in [0.2, 0.25) is 5.91 Å². The van der Waals surface area contributed by atoms with Crippen LogP contribution in [0.2, 0.25) is 0 Å². The van der Waals surface area contributed by atoms with E-state index < -0.39 is 12.1 Å². The van der Waals surface area contributed by atoms with Gasteiger partial charge in [0.05, 0.1) is 5.92 Å². The predicted molar refractivity (Wildman–Crippen MR) is 128 cm³/mol. The van der Waals surface area contributed by atoms with Crippen LogP contribution in [-0.4, -0.2) is 42.3 Å². The summed E-state index contributed by atoms with van der Waals surface area (Å²) in [7, 11) is 0. The highest BCUT2D eigenvalue weighted by molar-refractivity contribution is 5.93. The lowest BCUT2D eigenvalue weighted by Crippen LogP contribution is -2.39. The molecule has 2 aliphatic rings. The van der Waals surface area contributed by atoms with E-state index in [4.69, 9.17) is 9.84 Å². The van der Waals surface area contributed by atoms with E-state index in [1.807, 2.05) is 24.3 Å². The maximum atomic E-state index is 12.4. The highest BCUT2D eigenvalue weighted by atomic mass is 16.5. The van der Waals surface area contributed by atoms with Gasteiger partial charge in [-0.05, 0) is 54.9 Å². The summed E-state index contributed by atoms with van der Waals surface area (Å²) in [4.78, 5) is 35.7. The highest BCUT2D eigenvalue weighted by Crippen LogP contribution is 2.44. The van der Waals surface area contributed by atoms with E-state index in [0.717, 1.165) is 11.1 Å². The Kier molecular flexibility index (Phi) is 7.30. The summed E-state index contributed by atoms with van der Waals surface area (Å²) in [5.41, 5.74) is 5.16. The molecule has 7 nitrogen and oxygen atoms in total. The van der Waals surface area contributed by atoms with Gasteiger partial charge in [-0.3, -0.25) is 9.59 Å². The van der Waals surface area contributed by atoms with E-state index in [-0.39, 0.29) is 36.9 Å². The van der Waals surface area contributed by atoms with Gasteiger partial charge in [-0.1, -0.05) is 54.6 Å². The van der Waals surface area contributed by atoms with Gasteiger partial charge in [-0.2, -0.15) is 0 Å². The topological polar surface area (TPSA) is 105 Å². The Morgan fingerprint density at radius 3 is 2.15 bits per heavy atom. The van der Waals surface area contributed by atoms with Crippen molar-refractivity contribution in [1.82, 2.24) is 10.6 Å². The molecule has 0 unspecified atom stereocenters. The molecule has 0 radical (unpaired) electrons. The molecule has 3 N–H and O–H groups in total. The van der Waals surface area contributed by atoms with Gasteiger partial charge in [0.1, 0.15) is 6.61 Å². The molecule has 0 atom stereocenters. The van der Waals surface area contributed by atoms with Crippen LogP contribution in [0.4, 0.5) is 4.79 Å². The summed E-state index contributed by atoms with van der Waals surface area (Å²) in [5.74, 6) is -1.28. The summed E-state index contributed by atoms with van der Waals surface area (Å²) in [6, 6.07) is 16.3. The summed E-state index contributed by atoms with van der Waals surface area (Å²) in [5, 5.41) is 14.7. The van der Waals surface area contributed by atoms with E-state index in [1.165, 1.54) is 11.1 Å². The second-order valence-corrected chi connectivity index (χ2v) is 8.95. The van der Waals surface area contributed by atoms with E-state index >= 15 is 0 Å². The summed E-state index contributed by atoms with van der Waals surface area (Å²) < 4.78 is 5.51. The van der Waals surface area contributed by atoms with Gasteiger partial charge in [-0.15, -0.1) is 0 Å². The van der Waals surface area contributed by atoms with Crippen LogP contribution < -0.4 is 10.6 Å². The van der Waals surface area contributed by atoms with Crippen molar-refractivity contribution in [3.05, 3.63) is 71.3 Å². The molecule has 4 rings (SSSR count). The fourth-order valence-electron chi connectivity index (χ4n) is 4.81. The molecule has 2 aromatic carbocycles. The fraction of sp³-hybridized carbons (Fsp3) is 0.370. The largest absolute Gasteiger partial charge is 0.481 e. The standard InChI is InChI=1S/C27H30N2O5/c1-17(25(30)29-19-12-10-18(11-13-19)26(31)32)14-15-28-27(33)34-16-24-22-8-4-2-6-20(22)21-7-3-5-9-23(21)24/h2-9,14,18-19,24H,10-13,15-16H2,1H3,(H,28,33)(H,29,30)(H,31,32)/b17-14+. The van der Waals surface area contributed by atoms with Crippen LogP contribution in [0.15, 0.2) is 60.2 Å². The number of alkyl carbamates (subject to hydrolysis) is 1. The third-order valence-electron chi connectivity index (χ3n) is 6.77. The number of benzene rings is 2. The van der Waals surface area contributed by atoms with E-state index in [9.17, 15) is 14.4 Å². The molecule has 0 heterocycles. The normalized spacial score (nSPS) is 19.6. The van der Waals surface area contributed by atoms with Crippen LogP contribution in [-0.2, 0) is 14.3 Å². The number of rotatable bonds is 7. The average Bonchev–Trinajstić information content (AvgIpc) is 3.16. The maximum Gasteiger partial charge on any atom is 0.407 e. The van der Waals surface area contributed by atoms with E-state index in [2.05, 4.69) is 34.9 Å². The number of carboxylic acid groups (broad SMARTS) is 1. The van der Waals surface area contributed by atoms with Crippen molar-refractivity contribution >= 4 is 18.0 Å². The van der Waals surface area contributed by atoms with Gasteiger partial charge in [0.25, 0.3) is 0 Å². The molecule has 0 bridgehead atoms. The van der Waals surface area contributed by atoms with Gasteiger partial charge in [-0.25, -0.2) is 4.79 Å². The van der Waals surface area contributed by atoms with Crippen LogP contribution in [0.1, 0.15) is 49.7 Å². The molecule has 0 spiro atoms. The number of amides is 2. The number of carbonyl (C=O) groups excluding carboxylic acids is 2. The van der Waals surface area contributed by atoms with Crippen LogP contribution in [0.3, 0.4) is 0 Å². The number of nitrogens with one attached hydrogen (secondary N) is 2. The maximum absolute atomic E-state index is 12.4. The Morgan fingerprint density at radius 2 is 1.56 bits per heavy atom. The third kappa shape index (κ3) is 5.30. The first-order valence-electron chi connectivity index (χ1n) is 11.7. The highest BCUT2D eigenvalue weighted by Gasteiger charge is 2.29. The fourth-order valence-corrected chi connectivity index (χ4v) is 4.81. The molecule has 0 aromatic heterocycles. The molecule has 178 valence electrons. The Morgan fingerprint density at radius 1 is 0.971 bits per heavy atom. The van der Waals surface area contributed by atoms with Crippen molar-refractivity contribution in [3.63, 3.8) is 0 Å². The quantitative estimate of drug-likeness (QED) is 0.534. The van der Waals surface area contributed by atoms with Gasteiger partial charge >= 0.3 is 12.1 Å². The second-order valence-electron chi connectivity index (χ2n) is 8.95. The van der Waals surface area contributed by atoms with E-state index in [1.54, 1.807) is 13.0 Å². The van der Waals surface area contributed by atoms with Crippen LogP contribution in [0.25, 0.3) is 11.1 Å². The number of fused-ring (bicyclic) bond motifs is 3. The van der Waals surface area contributed by atoms with Crippen molar-refractivity contribution < 1.29 is 24.2 Å². The zero-order valence-electron chi connectivity index (χ0n) is 19.3. The van der Waals surface area contributed by atoms with Crippen molar-refractivity contribution in [1.29, 1.82) is 0 Å². The van der Waals surface area contributed by atoms with Crippen LogP contribution in [0.5, 0.6) is 0 Å². The molecule has 0 aliphatic heterocycles.